The van der Waals surface area contributed by atoms with E-state index in [1.807, 2.05) is 58.0 Å². The van der Waals surface area contributed by atoms with Crippen LogP contribution < -0.4 is 9.47 Å². The fraction of sp³-hybridized carbons (Fsp3) is 0.394. The van der Waals surface area contributed by atoms with Gasteiger partial charge in [0.2, 0.25) is 0 Å². The van der Waals surface area contributed by atoms with Crippen LogP contribution >= 0.6 is 0 Å². The molecule has 7 heteroatoms. The van der Waals surface area contributed by atoms with Gasteiger partial charge in [-0.1, -0.05) is 54.6 Å². The Labute approximate surface area is 237 Å². The normalized spacial score (nSPS) is 14.9. The molecular weight excluding hydrogens is 508 g/mol. The third-order valence-electron chi connectivity index (χ3n) is 6.11. The van der Waals surface area contributed by atoms with Crippen LogP contribution in [0.15, 0.2) is 78.9 Å². The maximum atomic E-state index is 14.0. The van der Waals surface area contributed by atoms with Crippen molar-refractivity contribution in [3.63, 3.8) is 0 Å². The standard InChI is InChI=1S/C33H40O7/c1-30(2,3)39-29(35)37-26-19-15-24(16-20-26)32(7,28(34)23-13-11-10-12-14-23)25-17-21-27(22-18-25)38-33(8,36-9)40-31(4,5)6/h10-22H,1-9H3. The first-order valence-electron chi connectivity index (χ1n) is 13.2. The van der Waals surface area contributed by atoms with Gasteiger partial charge >= 0.3 is 12.1 Å². The highest BCUT2D eigenvalue weighted by molar-refractivity contribution is 6.06. The smallest absolute Gasteiger partial charge is 0.439 e. The predicted octanol–water partition coefficient (Wildman–Crippen LogP) is 7.70. The number of Topliss-reactive ketones (excluding diaryl/α,β-unsaturated/α-hetero) is 1. The van der Waals surface area contributed by atoms with Crippen LogP contribution in [0.5, 0.6) is 11.5 Å². The molecule has 7 nitrogen and oxygen atoms in total. The van der Waals surface area contributed by atoms with Crippen LogP contribution in [0.4, 0.5) is 4.79 Å². The van der Waals surface area contributed by atoms with E-state index >= 15 is 0 Å². The van der Waals surface area contributed by atoms with Gasteiger partial charge in [0.1, 0.15) is 17.1 Å². The number of hydrogen-bond donors (Lipinski definition) is 0. The lowest BCUT2D eigenvalue weighted by atomic mass is 9.71. The fourth-order valence-corrected chi connectivity index (χ4v) is 4.26. The summed E-state index contributed by atoms with van der Waals surface area (Å²) in [5, 5.41) is 0. The van der Waals surface area contributed by atoms with E-state index in [-0.39, 0.29) is 5.78 Å². The number of ether oxygens (including phenoxy) is 5. The minimum Gasteiger partial charge on any atom is -0.439 e. The van der Waals surface area contributed by atoms with Crippen molar-refractivity contribution in [2.75, 3.05) is 7.11 Å². The Kier molecular flexibility index (Phi) is 9.12. The first-order chi connectivity index (χ1) is 18.5. The number of hydrogen-bond acceptors (Lipinski definition) is 7. The quantitative estimate of drug-likeness (QED) is 0.117. The van der Waals surface area contributed by atoms with Crippen molar-refractivity contribution in [3.05, 3.63) is 95.6 Å². The van der Waals surface area contributed by atoms with E-state index in [0.717, 1.165) is 11.1 Å². The molecule has 2 atom stereocenters. The lowest BCUT2D eigenvalue weighted by Crippen LogP contribution is -2.44. The Morgan fingerprint density at radius 2 is 1.12 bits per heavy atom. The van der Waals surface area contributed by atoms with Crippen molar-refractivity contribution >= 4 is 11.9 Å². The maximum absolute atomic E-state index is 14.0. The molecule has 0 heterocycles. The molecule has 0 saturated carbocycles. The zero-order chi connectivity index (χ0) is 29.8. The van der Waals surface area contributed by atoms with Gasteiger partial charge < -0.3 is 23.7 Å². The Balaban J connectivity index is 1.96. The highest BCUT2D eigenvalue weighted by atomic mass is 16.9. The number of carbonyl (C=O) groups is 2. The molecule has 0 radical (unpaired) electrons. The van der Waals surface area contributed by atoms with Crippen molar-refractivity contribution in [3.8, 4) is 11.5 Å². The molecule has 0 amide bonds. The number of benzene rings is 3. The fourth-order valence-electron chi connectivity index (χ4n) is 4.26. The minimum atomic E-state index is -1.30. The van der Waals surface area contributed by atoms with Crippen LogP contribution in [0.3, 0.4) is 0 Å². The van der Waals surface area contributed by atoms with Crippen molar-refractivity contribution in [1.82, 2.24) is 0 Å². The van der Waals surface area contributed by atoms with Crippen LogP contribution in [0.1, 0.15) is 76.9 Å². The molecule has 3 aromatic rings. The average Bonchev–Trinajstić information content (AvgIpc) is 2.87. The molecule has 0 aliphatic rings. The summed E-state index contributed by atoms with van der Waals surface area (Å²) < 4.78 is 28.1. The maximum Gasteiger partial charge on any atom is 0.514 e. The molecule has 214 valence electrons. The first kappa shape index (κ1) is 30.9. The van der Waals surface area contributed by atoms with Gasteiger partial charge in [0.25, 0.3) is 0 Å². The molecule has 0 saturated heterocycles. The van der Waals surface area contributed by atoms with Gasteiger partial charge in [-0.3, -0.25) is 4.79 Å². The topological polar surface area (TPSA) is 80.3 Å². The van der Waals surface area contributed by atoms with Crippen LogP contribution in [-0.4, -0.2) is 36.2 Å². The summed E-state index contributed by atoms with van der Waals surface area (Å²) in [6, 6.07) is 23.3. The van der Waals surface area contributed by atoms with Crippen molar-refractivity contribution < 1.29 is 33.3 Å². The van der Waals surface area contributed by atoms with Crippen molar-refractivity contribution in [2.45, 2.75) is 78.0 Å². The summed E-state index contributed by atoms with van der Waals surface area (Å²) in [6.07, 6.45) is -0.794. The average molecular weight is 549 g/mol. The zero-order valence-electron chi connectivity index (χ0n) is 24.9. The van der Waals surface area contributed by atoms with Crippen LogP contribution in [0, 0.1) is 0 Å². The van der Waals surface area contributed by atoms with E-state index < -0.39 is 28.7 Å². The summed E-state index contributed by atoms with van der Waals surface area (Å²) in [6.45, 7) is 14.6. The van der Waals surface area contributed by atoms with Crippen molar-refractivity contribution in [2.24, 2.45) is 0 Å². The molecule has 0 aromatic heterocycles. The van der Waals surface area contributed by atoms with Gasteiger partial charge in [-0.2, -0.15) is 0 Å². The van der Waals surface area contributed by atoms with Gasteiger partial charge in [0.15, 0.2) is 5.78 Å². The van der Waals surface area contributed by atoms with Gasteiger partial charge in [-0.15, -0.1) is 0 Å². The number of ketones is 1. The number of carbonyl (C=O) groups excluding carboxylic acids is 2. The molecule has 0 N–H and O–H groups in total. The van der Waals surface area contributed by atoms with Gasteiger partial charge in [0, 0.05) is 19.6 Å². The molecule has 2 unspecified atom stereocenters. The predicted molar refractivity (Wildman–Crippen MR) is 154 cm³/mol. The Morgan fingerprint density at radius 1 is 0.625 bits per heavy atom. The molecule has 0 spiro atoms. The van der Waals surface area contributed by atoms with E-state index in [2.05, 4.69) is 0 Å². The SMILES string of the molecule is COC(C)(Oc1ccc(C(C)(C(=O)c2ccccc2)c2ccc(OC(=O)OC(C)(C)C)cc2)cc1)OC(C)(C)C. The van der Waals surface area contributed by atoms with E-state index in [9.17, 15) is 9.59 Å². The lowest BCUT2D eigenvalue weighted by molar-refractivity contribution is -0.352. The van der Waals surface area contributed by atoms with Crippen LogP contribution in [-0.2, 0) is 19.6 Å². The van der Waals surface area contributed by atoms with E-state index in [1.165, 1.54) is 7.11 Å². The highest BCUT2D eigenvalue weighted by Crippen LogP contribution is 2.38. The minimum absolute atomic E-state index is 0.0830. The third kappa shape index (κ3) is 7.93. The van der Waals surface area contributed by atoms with E-state index in [4.69, 9.17) is 23.7 Å². The molecule has 3 aromatic carbocycles. The summed E-state index contributed by atoms with van der Waals surface area (Å²) in [5.74, 6) is -0.547. The second-order valence-electron chi connectivity index (χ2n) is 11.8. The Morgan fingerprint density at radius 3 is 1.57 bits per heavy atom. The van der Waals surface area contributed by atoms with E-state index in [1.54, 1.807) is 76.2 Å². The molecule has 40 heavy (non-hydrogen) atoms. The zero-order valence-corrected chi connectivity index (χ0v) is 24.9. The number of methoxy groups -OCH3 is 1. The second kappa shape index (κ2) is 11.8. The van der Waals surface area contributed by atoms with Crippen LogP contribution in [0.2, 0.25) is 0 Å². The molecule has 0 bridgehead atoms. The summed E-state index contributed by atoms with van der Waals surface area (Å²) in [5.41, 5.74) is -0.172. The summed E-state index contributed by atoms with van der Waals surface area (Å²) >= 11 is 0. The molecular formula is C33H40O7. The molecule has 3 rings (SSSR count). The lowest BCUT2D eigenvalue weighted by Gasteiger charge is -2.35. The highest BCUT2D eigenvalue weighted by Gasteiger charge is 2.38. The van der Waals surface area contributed by atoms with E-state index in [0.29, 0.717) is 17.1 Å². The molecule has 0 aliphatic heterocycles. The number of rotatable bonds is 9. The summed E-state index contributed by atoms with van der Waals surface area (Å²) in [7, 11) is 1.52. The van der Waals surface area contributed by atoms with Crippen molar-refractivity contribution in [1.29, 1.82) is 0 Å². The third-order valence-corrected chi connectivity index (χ3v) is 6.11. The van der Waals surface area contributed by atoms with Gasteiger partial charge in [0.05, 0.1) is 11.0 Å². The molecule has 0 aliphatic carbocycles. The Hall–Kier alpha value is -3.68. The Bertz CT molecular complexity index is 1290. The molecule has 0 fully saturated rings. The van der Waals surface area contributed by atoms with Crippen LogP contribution in [0.25, 0.3) is 0 Å². The monoisotopic (exact) mass is 548 g/mol. The van der Waals surface area contributed by atoms with Gasteiger partial charge in [-0.05, 0) is 83.9 Å². The van der Waals surface area contributed by atoms with Gasteiger partial charge in [-0.25, -0.2) is 4.79 Å². The largest absolute Gasteiger partial charge is 0.514 e. The summed E-state index contributed by atoms with van der Waals surface area (Å²) in [4.78, 5) is 26.2. The second-order valence-corrected chi connectivity index (χ2v) is 11.8. The first-order valence-corrected chi connectivity index (χ1v) is 13.2.